The number of rotatable bonds is 7. The largest absolute Gasteiger partial charge is 0.479 e. The van der Waals surface area contributed by atoms with E-state index in [-0.39, 0.29) is 12.1 Å². The summed E-state index contributed by atoms with van der Waals surface area (Å²) < 4.78 is 0. The molecule has 21 heavy (non-hydrogen) atoms. The van der Waals surface area contributed by atoms with Gasteiger partial charge in [0.15, 0.2) is 6.04 Å². The standard InChI is InChI=1S/C15H22N2O3S/c1-11(9-10-21-3)17(2)15(20)16-13(14(18)19)12-7-5-4-6-8-12/h4-8,11,13H,9-10H2,1-3H3,(H,16,20)(H,18,19)/t11?,13-/m1/s1. The fraction of sp³-hybridized carbons (Fsp3) is 0.467. The molecule has 116 valence electrons. The van der Waals surface area contributed by atoms with Crippen LogP contribution in [0.1, 0.15) is 24.9 Å². The van der Waals surface area contributed by atoms with Gasteiger partial charge in [-0.2, -0.15) is 11.8 Å². The van der Waals surface area contributed by atoms with Crippen molar-refractivity contribution in [1.82, 2.24) is 10.2 Å². The molecule has 1 rings (SSSR count). The zero-order valence-corrected chi connectivity index (χ0v) is 13.4. The fourth-order valence-corrected chi connectivity index (χ4v) is 2.42. The molecule has 0 heterocycles. The molecular weight excluding hydrogens is 288 g/mol. The molecule has 0 bridgehead atoms. The molecule has 1 aromatic rings. The minimum absolute atomic E-state index is 0.0580. The summed E-state index contributed by atoms with van der Waals surface area (Å²) in [4.78, 5) is 25.1. The first-order valence-corrected chi connectivity index (χ1v) is 8.16. The second-order valence-corrected chi connectivity index (χ2v) is 5.86. The fourth-order valence-electron chi connectivity index (χ4n) is 1.84. The van der Waals surface area contributed by atoms with Crippen molar-refractivity contribution in [2.24, 2.45) is 0 Å². The summed E-state index contributed by atoms with van der Waals surface area (Å²) in [5, 5.41) is 11.9. The van der Waals surface area contributed by atoms with Crippen LogP contribution >= 0.6 is 11.8 Å². The van der Waals surface area contributed by atoms with Crippen molar-refractivity contribution >= 4 is 23.8 Å². The van der Waals surface area contributed by atoms with E-state index in [1.165, 1.54) is 0 Å². The van der Waals surface area contributed by atoms with Crippen LogP contribution in [-0.4, -0.2) is 47.1 Å². The van der Waals surface area contributed by atoms with E-state index in [9.17, 15) is 14.7 Å². The highest BCUT2D eigenvalue weighted by Gasteiger charge is 2.24. The number of carboxylic acid groups (broad SMARTS) is 1. The number of urea groups is 1. The highest BCUT2D eigenvalue weighted by molar-refractivity contribution is 7.98. The highest BCUT2D eigenvalue weighted by Crippen LogP contribution is 2.14. The molecule has 2 atom stereocenters. The van der Waals surface area contributed by atoms with Crippen LogP contribution in [0.5, 0.6) is 0 Å². The third-order valence-electron chi connectivity index (χ3n) is 3.37. The number of carbonyl (C=O) groups is 2. The lowest BCUT2D eigenvalue weighted by atomic mass is 10.1. The molecule has 2 N–H and O–H groups in total. The van der Waals surface area contributed by atoms with Crippen molar-refractivity contribution in [1.29, 1.82) is 0 Å². The van der Waals surface area contributed by atoms with E-state index < -0.39 is 12.0 Å². The molecule has 0 aliphatic heterocycles. The van der Waals surface area contributed by atoms with Crippen LogP contribution in [0, 0.1) is 0 Å². The maximum atomic E-state index is 12.2. The maximum absolute atomic E-state index is 12.2. The summed E-state index contributed by atoms with van der Waals surface area (Å²) in [5.41, 5.74) is 0.559. The van der Waals surface area contributed by atoms with Gasteiger partial charge in [-0.05, 0) is 30.9 Å². The Morgan fingerprint density at radius 3 is 2.48 bits per heavy atom. The summed E-state index contributed by atoms with van der Waals surface area (Å²) in [5.74, 6) is -0.112. The minimum Gasteiger partial charge on any atom is -0.479 e. The van der Waals surface area contributed by atoms with Gasteiger partial charge in [-0.25, -0.2) is 9.59 Å². The molecule has 1 unspecified atom stereocenters. The number of hydrogen-bond acceptors (Lipinski definition) is 3. The number of nitrogens with zero attached hydrogens (tertiary/aromatic N) is 1. The van der Waals surface area contributed by atoms with E-state index in [1.807, 2.05) is 13.2 Å². The summed E-state index contributed by atoms with van der Waals surface area (Å²) in [7, 11) is 1.68. The molecule has 2 amide bonds. The Morgan fingerprint density at radius 1 is 1.33 bits per heavy atom. The van der Waals surface area contributed by atoms with Gasteiger partial charge in [-0.1, -0.05) is 30.3 Å². The first kappa shape index (κ1) is 17.4. The van der Waals surface area contributed by atoms with Crippen LogP contribution in [0.3, 0.4) is 0 Å². The minimum atomic E-state index is -1.07. The molecule has 5 nitrogen and oxygen atoms in total. The predicted octanol–water partition coefficient (Wildman–Crippen LogP) is 2.60. The molecule has 6 heteroatoms. The van der Waals surface area contributed by atoms with Crippen molar-refractivity contribution in [2.45, 2.75) is 25.4 Å². The smallest absolute Gasteiger partial charge is 0.330 e. The summed E-state index contributed by atoms with van der Waals surface area (Å²) >= 11 is 1.72. The van der Waals surface area contributed by atoms with E-state index >= 15 is 0 Å². The van der Waals surface area contributed by atoms with Crippen molar-refractivity contribution in [3.63, 3.8) is 0 Å². The van der Waals surface area contributed by atoms with E-state index in [1.54, 1.807) is 54.0 Å². The molecule has 0 saturated carbocycles. The number of carbonyl (C=O) groups excluding carboxylic acids is 1. The lowest BCUT2D eigenvalue weighted by Crippen LogP contribution is -2.45. The van der Waals surface area contributed by atoms with E-state index in [4.69, 9.17) is 0 Å². The molecule has 0 spiro atoms. The Morgan fingerprint density at radius 2 is 1.95 bits per heavy atom. The van der Waals surface area contributed by atoms with Gasteiger partial charge in [-0.3, -0.25) is 0 Å². The van der Waals surface area contributed by atoms with Crippen LogP contribution in [-0.2, 0) is 4.79 Å². The maximum Gasteiger partial charge on any atom is 0.330 e. The number of hydrogen-bond donors (Lipinski definition) is 2. The SMILES string of the molecule is CSCCC(C)N(C)C(=O)N[C@@H](C(=O)O)c1ccccc1. The van der Waals surface area contributed by atoms with Crippen molar-refractivity contribution in [2.75, 3.05) is 19.1 Å². The van der Waals surface area contributed by atoms with Crippen LogP contribution in [0.4, 0.5) is 4.79 Å². The van der Waals surface area contributed by atoms with Gasteiger partial charge in [0.25, 0.3) is 0 Å². The van der Waals surface area contributed by atoms with Gasteiger partial charge in [0.05, 0.1) is 0 Å². The van der Waals surface area contributed by atoms with Gasteiger partial charge in [0.2, 0.25) is 0 Å². The number of aliphatic carboxylic acids is 1. The van der Waals surface area contributed by atoms with Gasteiger partial charge >= 0.3 is 12.0 Å². The summed E-state index contributed by atoms with van der Waals surface area (Å²) in [6.45, 7) is 1.95. The third kappa shape index (κ3) is 5.30. The van der Waals surface area contributed by atoms with Crippen LogP contribution in [0.15, 0.2) is 30.3 Å². The number of thioether (sulfide) groups is 1. The number of nitrogens with one attached hydrogen (secondary N) is 1. The lowest BCUT2D eigenvalue weighted by Gasteiger charge is -2.27. The zero-order valence-electron chi connectivity index (χ0n) is 12.6. The average molecular weight is 310 g/mol. The van der Waals surface area contributed by atoms with E-state index in [0.29, 0.717) is 5.56 Å². The van der Waals surface area contributed by atoms with Gasteiger partial charge < -0.3 is 15.3 Å². The van der Waals surface area contributed by atoms with Crippen LogP contribution in [0.2, 0.25) is 0 Å². The lowest BCUT2D eigenvalue weighted by molar-refractivity contribution is -0.139. The van der Waals surface area contributed by atoms with Gasteiger partial charge in [-0.15, -0.1) is 0 Å². The molecular formula is C15H22N2O3S. The highest BCUT2D eigenvalue weighted by atomic mass is 32.2. The Labute approximate surface area is 129 Å². The number of benzene rings is 1. The van der Waals surface area contributed by atoms with E-state index in [0.717, 1.165) is 12.2 Å². The third-order valence-corrected chi connectivity index (χ3v) is 4.01. The van der Waals surface area contributed by atoms with Crippen molar-refractivity contribution in [3.8, 4) is 0 Å². The topological polar surface area (TPSA) is 69.6 Å². The van der Waals surface area contributed by atoms with Gasteiger partial charge in [0.1, 0.15) is 0 Å². The second kappa shape index (κ2) is 8.56. The van der Waals surface area contributed by atoms with E-state index in [2.05, 4.69) is 5.32 Å². The Kier molecular flexibility index (Phi) is 7.08. The Hall–Kier alpha value is -1.69. The molecule has 0 saturated heterocycles. The average Bonchev–Trinajstić information content (AvgIpc) is 2.49. The van der Waals surface area contributed by atoms with Crippen molar-refractivity contribution in [3.05, 3.63) is 35.9 Å². The first-order valence-electron chi connectivity index (χ1n) is 6.77. The molecule has 0 aromatic heterocycles. The summed E-state index contributed by atoms with van der Waals surface area (Å²) in [6.07, 6.45) is 2.89. The zero-order chi connectivity index (χ0) is 15.8. The Balaban J connectivity index is 2.71. The second-order valence-electron chi connectivity index (χ2n) is 4.87. The molecule has 1 aromatic carbocycles. The first-order chi connectivity index (χ1) is 9.97. The quantitative estimate of drug-likeness (QED) is 0.812. The molecule has 0 radical (unpaired) electrons. The molecule has 0 aliphatic carbocycles. The number of amides is 2. The molecule has 0 aliphatic rings. The number of carboxylic acids is 1. The van der Waals surface area contributed by atoms with Gasteiger partial charge in [0, 0.05) is 13.1 Å². The Bertz CT molecular complexity index is 467. The van der Waals surface area contributed by atoms with Crippen LogP contribution < -0.4 is 5.32 Å². The monoisotopic (exact) mass is 310 g/mol. The van der Waals surface area contributed by atoms with Crippen LogP contribution in [0.25, 0.3) is 0 Å². The predicted molar refractivity (Wildman–Crippen MR) is 85.6 cm³/mol. The normalized spacial score (nSPS) is 13.3. The van der Waals surface area contributed by atoms with Crippen molar-refractivity contribution < 1.29 is 14.7 Å². The summed E-state index contributed by atoms with van der Waals surface area (Å²) in [6, 6.07) is 7.34. The molecule has 0 fully saturated rings.